The molecule has 1 atom stereocenters. The quantitative estimate of drug-likeness (QED) is 0.414. The molecule has 1 unspecified atom stereocenters. The predicted molar refractivity (Wildman–Crippen MR) is 88.5 cm³/mol. The van der Waals surface area contributed by atoms with Crippen molar-refractivity contribution in [1.29, 1.82) is 0 Å². The van der Waals surface area contributed by atoms with Crippen molar-refractivity contribution in [3.63, 3.8) is 0 Å². The van der Waals surface area contributed by atoms with Crippen LogP contribution in [0.4, 0.5) is 5.69 Å². The number of unbranched alkanes of at least 4 members (excludes halogenated alkanes) is 1. The second-order valence-corrected chi connectivity index (χ2v) is 5.29. The van der Waals surface area contributed by atoms with Crippen molar-refractivity contribution in [2.75, 3.05) is 6.54 Å². The van der Waals surface area contributed by atoms with Gasteiger partial charge in [-0.1, -0.05) is 32.4 Å². The topological polar surface area (TPSA) is 63.5 Å². The summed E-state index contributed by atoms with van der Waals surface area (Å²) in [6.07, 6.45) is 5.82. The van der Waals surface area contributed by atoms with E-state index in [9.17, 15) is 14.9 Å². The minimum Gasteiger partial charge on any atom is -0.336 e. The summed E-state index contributed by atoms with van der Waals surface area (Å²) < 4.78 is 0. The van der Waals surface area contributed by atoms with Crippen molar-refractivity contribution in [3.8, 4) is 0 Å². The number of para-hydroxylation sites is 1. The number of amides is 1. The van der Waals surface area contributed by atoms with E-state index in [0.29, 0.717) is 12.1 Å². The summed E-state index contributed by atoms with van der Waals surface area (Å²) in [5.41, 5.74) is 0.454. The van der Waals surface area contributed by atoms with E-state index in [1.807, 2.05) is 18.7 Å². The largest absolute Gasteiger partial charge is 0.336 e. The Morgan fingerprint density at radius 3 is 2.64 bits per heavy atom. The molecule has 0 aliphatic heterocycles. The van der Waals surface area contributed by atoms with Crippen LogP contribution in [0.25, 0.3) is 6.08 Å². The van der Waals surface area contributed by atoms with Crippen LogP contribution in [0.3, 0.4) is 0 Å². The predicted octanol–water partition coefficient (Wildman–Crippen LogP) is 4.04. The van der Waals surface area contributed by atoms with Crippen LogP contribution >= 0.6 is 0 Å². The van der Waals surface area contributed by atoms with Crippen LogP contribution in [-0.4, -0.2) is 28.3 Å². The van der Waals surface area contributed by atoms with Gasteiger partial charge >= 0.3 is 0 Å². The van der Waals surface area contributed by atoms with Gasteiger partial charge in [0.1, 0.15) is 0 Å². The van der Waals surface area contributed by atoms with Gasteiger partial charge in [-0.15, -0.1) is 0 Å². The maximum atomic E-state index is 12.4. The first-order valence-corrected chi connectivity index (χ1v) is 7.73. The van der Waals surface area contributed by atoms with E-state index in [1.165, 1.54) is 18.2 Å². The molecular formula is C17H24N2O3. The summed E-state index contributed by atoms with van der Waals surface area (Å²) in [4.78, 5) is 24.7. The molecule has 0 aliphatic rings. The summed E-state index contributed by atoms with van der Waals surface area (Å²) >= 11 is 0. The molecule has 5 nitrogen and oxygen atoms in total. The van der Waals surface area contributed by atoms with Gasteiger partial charge in [-0.05, 0) is 31.9 Å². The zero-order chi connectivity index (χ0) is 16.5. The number of benzene rings is 1. The molecule has 1 rings (SSSR count). The second-order valence-electron chi connectivity index (χ2n) is 5.29. The highest BCUT2D eigenvalue weighted by Gasteiger charge is 2.16. The Kier molecular flexibility index (Phi) is 7.29. The van der Waals surface area contributed by atoms with Crippen molar-refractivity contribution >= 4 is 17.7 Å². The molecular weight excluding hydrogens is 280 g/mol. The van der Waals surface area contributed by atoms with Crippen LogP contribution in [-0.2, 0) is 4.79 Å². The molecule has 0 N–H and O–H groups in total. The number of hydrogen-bond donors (Lipinski definition) is 0. The summed E-state index contributed by atoms with van der Waals surface area (Å²) in [7, 11) is 0. The number of nitro groups is 1. The van der Waals surface area contributed by atoms with Crippen molar-refractivity contribution in [1.82, 2.24) is 4.90 Å². The first-order valence-electron chi connectivity index (χ1n) is 7.73. The second kappa shape index (κ2) is 8.97. The third-order valence-corrected chi connectivity index (χ3v) is 3.70. The van der Waals surface area contributed by atoms with Crippen molar-refractivity contribution in [2.24, 2.45) is 0 Å². The molecule has 1 aromatic carbocycles. The molecule has 0 aromatic heterocycles. The van der Waals surface area contributed by atoms with E-state index in [2.05, 4.69) is 6.92 Å². The van der Waals surface area contributed by atoms with Gasteiger partial charge in [0.2, 0.25) is 5.91 Å². The van der Waals surface area contributed by atoms with Gasteiger partial charge in [-0.3, -0.25) is 14.9 Å². The number of hydrogen-bond acceptors (Lipinski definition) is 3. The zero-order valence-electron chi connectivity index (χ0n) is 13.5. The van der Waals surface area contributed by atoms with Gasteiger partial charge in [-0.25, -0.2) is 0 Å². The van der Waals surface area contributed by atoms with E-state index >= 15 is 0 Å². The van der Waals surface area contributed by atoms with Crippen molar-refractivity contribution in [3.05, 3.63) is 46.0 Å². The number of nitrogens with zero attached hydrogens (tertiary/aromatic N) is 2. The minimum atomic E-state index is -0.437. The van der Waals surface area contributed by atoms with Gasteiger partial charge in [0.05, 0.1) is 10.5 Å². The van der Waals surface area contributed by atoms with Crippen LogP contribution < -0.4 is 0 Å². The van der Waals surface area contributed by atoms with Gasteiger partial charge < -0.3 is 4.90 Å². The SMILES string of the molecule is CCCCN(C(=O)/C=C/c1ccccc1[N+](=O)[O-])C(C)CC. The highest BCUT2D eigenvalue weighted by atomic mass is 16.6. The molecule has 22 heavy (non-hydrogen) atoms. The monoisotopic (exact) mass is 304 g/mol. The fourth-order valence-electron chi connectivity index (χ4n) is 2.15. The van der Waals surface area contributed by atoms with Gasteiger partial charge in [0.25, 0.3) is 5.69 Å². The Labute approximate surface area is 131 Å². The average molecular weight is 304 g/mol. The number of nitro benzene ring substituents is 1. The van der Waals surface area contributed by atoms with Crippen LogP contribution in [0.2, 0.25) is 0 Å². The smallest absolute Gasteiger partial charge is 0.276 e. The highest BCUT2D eigenvalue weighted by molar-refractivity contribution is 5.92. The Morgan fingerprint density at radius 1 is 1.36 bits per heavy atom. The number of carbonyl (C=O) groups excluding carboxylic acids is 1. The molecule has 0 fully saturated rings. The Bertz CT molecular complexity index is 540. The lowest BCUT2D eigenvalue weighted by molar-refractivity contribution is -0.385. The van der Waals surface area contributed by atoms with Crippen LogP contribution in [0, 0.1) is 10.1 Å². The lowest BCUT2D eigenvalue weighted by Crippen LogP contribution is -2.37. The molecule has 1 amide bonds. The van der Waals surface area contributed by atoms with Gasteiger partial charge in [-0.2, -0.15) is 0 Å². The molecule has 5 heteroatoms. The molecule has 0 saturated carbocycles. The standard InChI is InChI=1S/C17H24N2O3/c1-4-6-13-18(14(3)5-2)17(20)12-11-15-9-7-8-10-16(15)19(21)22/h7-12,14H,4-6,13H2,1-3H3/b12-11+. The van der Waals surface area contributed by atoms with Crippen molar-refractivity contribution in [2.45, 2.75) is 46.1 Å². The van der Waals surface area contributed by atoms with E-state index in [0.717, 1.165) is 19.3 Å². The fourth-order valence-corrected chi connectivity index (χ4v) is 2.15. The molecule has 0 heterocycles. The third kappa shape index (κ3) is 4.98. The maximum Gasteiger partial charge on any atom is 0.276 e. The van der Waals surface area contributed by atoms with Crippen LogP contribution in [0.1, 0.15) is 45.6 Å². The Hall–Kier alpha value is -2.17. The molecule has 0 radical (unpaired) electrons. The fraction of sp³-hybridized carbons (Fsp3) is 0.471. The lowest BCUT2D eigenvalue weighted by atomic mass is 10.1. The van der Waals surface area contributed by atoms with Gasteiger partial charge in [0, 0.05) is 24.7 Å². The highest BCUT2D eigenvalue weighted by Crippen LogP contribution is 2.19. The average Bonchev–Trinajstić information content (AvgIpc) is 2.53. The first-order chi connectivity index (χ1) is 10.5. The molecule has 1 aromatic rings. The first kappa shape index (κ1) is 17.9. The molecule has 0 aliphatic carbocycles. The maximum absolute atomic E-state index is 12.4. The Balaban J connectivity index is 2.91. The van der Waals surface area contributed by atoms with Gasteiger partial charge in [0.15, 0.2) is 0 Å². The van der Waals surface area contributed by atoms with Crippen molar-refractivity contribution < 1.29 is 9.72 Å². The van der Waals surface area contributed by atoms with E-state index in [4.69, 9.17) is 0 Å². The van der Waals surface area contributed by atoms with Crippen LogP contribution in [0.15, 0.2) is 30.3 Å². The summed E-state index contributed by atoms with van der Waals surface area (Å²) in [6.45, 7) is 6.86. The third-order valence-electron chi connectivity index (χ3n) is 3.70. The van der Waals surface area contributed by atoms with E-state index in [-0.39, 0.29) is 17.6 Å². The zero-order valence-corrected chi connectivity index (χ0v) is 13.5. The minimum absolute atomic E-state index is 0.00944. The number of rotatable bonds is 8. The molecule has 0 spiro atoms. The summed E-state index contributed by atoms with van der Waals surface area (Å²) in [6, 6.07) is 6.58. The van der Waals surface area contributed by atoms with Crippen LogP contribution in [0.5, 0.6) is 0 Å². The normalized spacial score (nSPS) is 12.3. The summed E-state index contributed by atoms with van der Waals surface area (Å²) in [5.74, 6) is -0.0963. The molecule has 0 bridgehead atoms. The molecule has 120 valence electrons. The lowest BCUT2D eigenvalue weighted by Gasteiger charge is -2.27. The Morgan fingerprint density at radius 2 is 2.05 bits per heavy atom. The van der Waals surface area contributed by atoms with E-state index < -0.39 is 4.92 Å². The van der Waals surface area contributed by atoms with E-state index in [1.54, 1.807) is 18.2 Å². The molecule has 0 saturated heterocycles. The summed E-state index contributed by atoms with van der Waals surface area (Å²) in [5, 5.41) is 11.0. The number of carbonyl (C=O) groups is 1.